The van der Waals surface area contributed by atoms with Crippen LogP contribution in [0.25, 0.3) is 0 Å². The van der Waals surface area contributed by atoms with Gasteiger partial charge < -0.3 is 15.0 Å². The lowest BCUT2D eigenvalue weighted by Gasteiger charge is -2.00. The van der Waals surface area contributed by atoms with Gasteiger partial charge >= 0.3 is 5.97 Å². The number of nitrogen functional groups attached to an aromatic ring is 1. The minimum Gasteiger partial charge on any atom is -0.464 e. The summed E-state index contributed by atoms with van der Waals surface area (Å²) in [5.41, 5.74) is 5.71. The molecule has 1 heterocycles. The van der Waals surface area contributed by atoms with Crippen LogP contribution in [0.1, 0.15) is 10.5 Å². The van der Waals surface area contributed by atoms with Crippen molar-refractivity contribution in [2.45, 2.75) is 0 Å². The van der Waals surface area contributed by atoms with Crippen molar-refractivity contribution in [3.05, 3.63) is 10.4 Å². The predicted octanol–water partition coefficient (Wildman–Crippen LogP) is 0.551. The fourth-order valence-corrected chi connectivity index (χ4v) is 1.20. The van der Waals surface area contributed by atoms with Gasteiger partial charge in [0.1, 0.15) is 0 Å². The van der Waals surface area contributed by atoms with Gasteiger partial charge in [-0.25, -0.2) is 9.78 Å². The molecule has 12 heavy (non-hydrogen) atoms. The highest BCUT2D eigenvalue weighted by atomic mass is 79.9. The van der Waals surface area contributed by atoms with E-state index < -0.39 is 5.97 Å². The predicted molar refractivity (Wildman–Crippen MR) is 46.7 cm³/mol. The molecule has 1 aromatic heterocycles. The Hall–Kier alpha value is -1.04. The van der Waals surface area contributed by atoms with Crippen molar-refractivity contribution in [3.63, 3.8) is 0 Å². The summed E-state index contributed by atoms with van der Waals surface area (Å²) in [5, 5.41) is 0. The zero-order chi connectivity index (χ0) is 9.30. The van der Waals surface area contributed by atoms with Crippen molar-refractivity contribution in [2.24, 2.45) is 7.05 Å². The lowest BCUT2D eigenvalue weighted by molar-refractivity contribution is 0.0591. The molecule has 0 saturated carbocycles. The molecule has 0 radical (unpaired) electrons. The molecule has 1 aromatic rings. The Balaban J connectivity index is 3.22. The summed E-state index contributed by atoms with van der Waals surface area (Å²) in [4.78, 5) is 14.9. The molecule has 1 rings (SSSR count). The van der Waals surface area contributed by atoms with Crippen molar-refractivity contribution in [2.75, 3.05) is 12.8 Å². The molecule has 2 N–H and O–H groups in total. The number of ether oxygens (including phenoxy) is 1. The highest BCUT2D eigenvalue weighted by Gasteiger charge is 2.18. The molecule has 6 heteroatoms. The maximum absolute atomic E-state index is 11.1. The lowest BCUT2D eigenvalue weighted by Crippen LogP contribution is -2.09. The van der Waals surface area contributed by atoms with E-state index in [0.29, 0.717) is 4.73 Å². The monoisotopic (exact) mass is 233 g/mol. The molecule has 0 unspecified atom stereocenters. The van der Waals surface area contributed by atoms with E-state index in [0.717, 1.165) is 0 Å². The van der Waals surface area contributed by atoms with Crippen LogP contribution < -0.4 is 5.73 Å². The Bertz CT molecular complexity index is 321. The van der Waals surface area contributed by atoms with Gasteiger partial charge in [0, 0.05) is 7.05 Å². The van der Waals surface area contributed by atoms with Gasteiger partial charge in [-0.1, -0.05) is 0 Å². The Kier molecular flexibility index (Phi) is 2.37. The number of carbonyl (C=O) groups excluding carboxylic acids is 1. The molecule has 0 aliphatic heterocycles. The Morgan fingerprint density at radius 1 is 1.75 bits per heavy atom. The van der Waals surface area contributed by atoms with Crippen molar-refractivity contribution in [1.29, 1.82) is 0 Å². The summed E-state index contributed by atoms with van der Waals surface area (Å²) >= 11 is 3.13. The van der Waals surface area contributed by atoms with E-state index in [1.54, 1.807) is 7.05 Å². The zero-order valence-electron chi connectivity index (χ0n) is 6.67. The number of esters is 1. The largest absolute Gasteiger partial charge is 0.464 e. The number of imidazole rings is 1. The second kappa shape index (κ2) is 3.14. The van der Waals surface area contributed by atoms with Crippen molar-refractivity contribution >= 4 is 27.7 Å². The van der Waals surface area contributed by atoms with E-state index in [1.807, 2.05) is 0 Å². The van der Waals surface area contributed by atoms with Crippen LogP contribution in [0.2, 0.25) is 0 Å². The smallest absolute Gasteiger partial charge is 0.358 e. The van der Waals surface area contributed by atoms with E-state index in [4.69, 9.17) is 5.73 Å². The summed E-state index contributed by atoms with van der Waals surface area (Å²) in [6, 6.07) is 0. The normalized spacial score (nSPS) is 9.92. The summed E-state index contributed by atoms with van der Waals surface area (Å²) in [5.74, 6) is -0.329. The molecule has 0 bridgehead atoms. The Morgan fingerprint density at radius 3 is 2.67 bits per heavy atom. The number of hydrogen-bond donors (Lipinski definition) is 1. The second-order valence-corrected chi connectivity index (χ2v) is 2.87. The maximum atomic E-state index is 11.1. The quantitative estimate of drug-likeness (QED) is 0.720. The number of nitrogens with two attached hydrogens (primary N) is 1. The zero-order valence-corrected chi connectivity index (χ0v) is 8.25. The highest BCUT2D eigenvalue weighted by molar-refractivity contribution is 9.10. The van der Waals surface area contributed by atoms with Gasteiger partial charge in [0.05, 0.1) is 7.11 Å². The second-order valence-electron chi connectivity index (χ2n) is 2.17. The third-order valence-electron chi connectivity index (χ3n) is 1.45. The number of hydrogen-bond acceptors (Lipinski definition) is 4. The summed E-state index contributed by atoms with van der Waals surface area (Å²) in [6.45, 7) is 0. The fourth-order valence-electron chi connectivity index (χ4n) is 0.830. The number of halogens is 1. The van der Waals surface area contributed by atoms with E-state index in [-0.39, 0.29) is 11.5 Å². The van der Waals surface area contributed by atoms with E-state index in [9.17, 15) is 4.79 Å². The van der Waals surface area contributed by atoms with Gasteiger partial charge in [0.15, 0.2) is 16.2 Å². The number of nitrogens with zero attached hydrogens (tertiary/aromatic N) is 2. The number of aromatic nitrogens is 2. The molecule has 66 valence electrons. The average Bonchev–Trinajstić information content (AvgIpc) is 2.26. The minimum absolute atomic E-state index is 0.163. The molecular formula is C6H8BrN3O2. The van der Waals surface area contributed by atoms with Crippen LogP contribution in [0.3, 0.4) is 0 Å². The number of carbonyl (C=O) groups is 1. The van der Waals surface area contributed by atoms with Crippen LogP contribution >= 0.6 is 15.9 Å². The molecule has 0 amide bonds. The van der Waals surface area contributed by atoms with E-state index in [1.165, 1.54) is 11.7 Å². The Labute approximate surface area is 77.6 Å². The van der Waals surface area contributed by atoms with Crippen LogP contribution in [0, 0.1) is 0 Å². The van der Waals surface area contributed by atoms with E-state index >= 15 is 0 Å². The summed E-state index contributed by atoms with van der Waals surface area (Å²) < 4.78 is 6.53. The standard InChI is InChI=1S/C6H8BrN3O2/c1-10-3(5(11)12-2)4(8)9-6(10)7/h8H2,1-2H3. The number of rotatable bonds is 1. The van der Waals surface area contributed by atoms with Crippen LogP contribution in [-0.4, -0.2) is 22.6 Å². The molecule has 0 atom stereocenters. The molecule has 0 fully saturated rings. The maximum Gasteiger partial charge on any atom is 0.358 e. The molecule has 0 saturated heterocycles. The van der Waals surface area contributed by atoms with Crippen LogP contribution in [0.15, 0.2) is 4.73 Å². The van der Waals surface area contributed by atoms with Crippen LogP contribution in [0.4, 0.5) is 5.82 Å². The van der Waals surface area contributed by atoms with Gasteiger partial charge in [-0.05, 0) is 15.9 Å². The first-order valence-electron chi connectivity index (χ1n) is 3.14. The fraction of sp³-hybridized carbons (Fsp3) is 0.333. The number of methoxy groups -OCH3 is 1. The average molecular weight is 234 g/mol. The summed E-state index contributed by atoms with van der Waals surface area (Å²) in [6.07, 6.45) is 0. The van der Waals surface area contributed by atoms with Gasteiger partial charge in [-0.3, -0.25) is 0 Å². The van der Waals surface area contributed by atoms with Crippen molar-refractivity contribution in [3.8, 4) is 0 Å². The van der Waals surface area contributed by atoms with Crippen LogP contribution in [-0.2, 0) is 11.8 Å². The first-order chi connectivity index (χ1) is 5.57. The topological polar surface area (TPSA) is 70.1 Å². The van der Waals surface area contributed by atoms with Gasteiger partial charge in [0.25, 0.3) is 0 Å². The van der Waals surface area contributed by atoms with Crippen molar-refractivity contribution in [1.82, 2.24) is 9.55 Å². The molecule has 0 aliphatic rings. The third kappa shape index (κ3) is 1.29. The molecule has 0 aromatic carbocycles. The van der Waals surface area contributed by atoms with E-state index in [2.05, 4.69) is 25.7 Å². The van der Waals surface area contributed by atoms with Gasteiger partial charge in [-0.2, -0.15) is 0 Å². The molecular weight excluding hydrogens is 226 g/mol. The highest BCUT2D eigenvalue weighted by Crippen LogP contribution is 2.17. The summed E-state index contributed by atoms with van der Waals surface area (Å²) in [7, 11) is 2.96. The SMILES string of the molecule is COC(=O)c1c(N)nc(Br)n1C. The van der Waals surface area contributed by atoms with Gasteiger partial charge in [0.2, 0.25) is 0 Å². The first kappa shape index (κ1) is 9.05. The lowest BCUT2D eigenvalue weighted by atomic mass is 10.4. The molecule has 0 aliphatic carbocycles. The minimum atomic E-state index is -0.492. The Morgan fingerprint density at radius 2 is 2.33 bits per heavy atom. The first-order valence-corrected chi connectivity index (χ1v) is 3.93. The van der Waals surface area contributed by atoms with Gasteiger partial charge in [-0.15, -0.1) is 0 Å². The molecule has 0 spiro atoms. The molecule has 5 nitrogen and oxygen atoms in total. The van der Waals surface area contributed by atoms with Crippen molar-refractivity contribution < 1.29 is 9.53 Å². The van der Waals surface area contributed by atoms with Crippen LogP contribution in [0.5, 0.6) is 0 Å². The third-order valence-corrected chi connectivity index (χ3v) is 2.16. The number of anilines is 1.